The Kier molecular flexibility index (Phi) is 3.43. The van der Waals surface area contributed by atoms with Crippen LogP contribution in [0, 0.1) is 5.82 Å². The number of anilines is 1. The zero-order valence-corrected chi connectivity index (χ0v) is 9.26. The summed E-state index contributed by atoms with van der Waals surface area (Å²) in [7, 11) is 0. The second-order valence-corrected chi connectivity index (χ2v) is 3.53. The van der Waals surface area contributed by atoms with E-state index in [4.69, 9.17) is 0 Å². The van der Waals surface area contributed by atoms with E-state index < -0.39 is 5.82 Å². The number of pyridine rings is 1. The number of aldehydes is 2. The van der Waals surface area contributed by atoms with Gasteiger partial charge in [0.2, 0.25) is 0 Å². The largest absolute Gasteiger partial charge is 0.351 e. The predicted octanol–water partition coefficient (Wildman–Crippen LogP) is 2.07. The van der Waals surface area contributed by atoms with Crippen LogP contribution in [0.2, 0.25) is 0 Å². The van der Waals surface area contributed by atoms with Crippen molar-refractivity contribution in [3.8, 4) is 0 Å². The minimum Gasteiger partial charge on any atom is -0.351 e. The van der Waals surface area contributed by atoms with Crippen LogP contribution in [0.3, 0.4) is 0 Å². The van der Waals surface area contributed by atoms with Crippen LogP contribution in [0.4, 0.5) is 10.1 Å². The van der Waals surface area contributed by atoms with E-state index in [9.17, 15) is 14.0 Å². The minimum absolute atomic E-state index is 0.0440. The number of halogens is 1. The summed E-state index contributed by atoms with van der Waals surface area (Å²) in [5.41, 5.74) is 0.908. The maximum Gasteiger partial charge on any atom is 0.166 e. The molecule has 2 rings (SSSR count). The summed E-state index contributed by atoms with van der Waals surface area (Å²) in [5.74, 6) is -0.450. The molecule has 0 bridgehead atoms. The van der Waals surface area contributed by atoms with Gasteiger partial charge in [0, 0.05) is 17.7 Å². The topological polar surface area (TPSA) is 59.1 Å². The van der Waals surface area contributed by atoms with Crippen molar-refractivity contribution < 1.29 is 14.0 Å². The molecule has 0 radical (unpaired) electrons. The van der Waals surface area contributed by atoms with Crippen LogP contribution >= 0.6 is 0 Å². The van der Waals surface area contributed by atoms with E-state index in [2.05, 4.69) is 10.3 Å². The first kappa shape index (κ1) is 11.9. The fourth-order valence-electron chi connectivity index (χ4n) is 1.59. The first-order chi connectivity index (χ1) is 8.74. The third-order valence-corrected chi connectivity index (χ3v) is 2.32. The molecule has 0 aliphatic rings. The number of hydrogen-bond acceptors (Lipinski definition) is 4. The quantitative estimate of drug-likeness (QED) is 0.660. The molecule has 0 saturated heterocycles. The third kappa shape index (κ3) is 2.40. The zero-order valence-electron chi connectivity index (χ0n) is 9.26. The number of fused-ring (bicyclic) bond motifs is 1. The molecule has 90 valence electrons. The number of hydrogen-bond donors (Lipinski definition) is 1. The van der Waals surface area contributed by atoms with Gasteiger partial charge in [-0.3, -0.25) is 14.6 Å². The number of nitrogens with one attached hydrogen (secondary N) is 1. The highest BCUT2D eigenvalue weighted by Gasteiger charge is 2.06. The molecule has 18 heavy (non-hydrogen) atoms. The Bertz CT molecular complexity index is 638. The molecule has 5 heteroatoms. The first-order valence-corrected chi connectivity index (χ1v) is 5.16. The van der Waals surface area contributed by atoms with Crippen LogP contribution < -0.4 is 5.32 Å². The van der Waals surface area contributed by atoms with E-state index in [1.807, 2.05) is 0 Å². The normalized spacial score (nSPS) is 11.3. The standard InChI is InChI=1S/C13H9FN2O2/c14-10-6-9-2-1-4-15-13(9)12(7-10)16-11(8-18)3-5-17/h1-8,16H/b11-3-. The first-order valence-electron chi connectivity index (χ1n) is 5.16. The van der Waals surface area contributed by atoms with E-state index in [1.165, 1.54) is 12.1 Å². The Morgan fingerprint density at radius 3 is 2.89 bits per heavy atom. The Hall–Kier alpha value is -2.56. The number of nitrogens with zero attached hydrogens (tertiary/aromatic N) is 1. The highest BCUT2D eigenvalue weighted by molar-refractivity contribution is 5.94. The molecule has 0 aliphatic carbocycles. The van der Waals surface area contributed by atoms with Gasteiger partial charge in [-0.2, -0.15) is 0 Å². The van der Waals surface area contributed by atoms with Crippen LogP contribution in [-0.2, 0) is 9.59 Å². The predicted molar refractivity (Wildman–Crippen MR) is 65.5 cm³/mol. The molecule has 0 amide bonds. The maximum absolute atomic E-state index is 13.4. The van der Waals surface area contributed by atoms with Gasteiger partial charge in [0.1, 0.15) is 12.1 Å². The molecule has 1 aromatic heterocycles. The average molecular weight is 244 g/mol. The molecule has 0 unspecified atom stereocenters. The molecular weight excluding hydrogens is 235 g/mol. The van der Waals surface area contributed by atoms with Gasteiger partial charge in [-0.1, -0.05) is 6.07 Å². The SMILES string of the molecule is O=C/C=C(/C=O)Nc1cc(F)cc2cccnc12. The monoisotopic (exact) mass is 244 g/mol. The number of carbonyl (C=O) groups excluding carboxylic acids is 2. The zero-order chi connectivity index (χ0) is 13.0. The number of benzene rings is 1. The lowest BCUT2D eigenvalue weighted by molar-refractivity contribution is -0.106. The Labute approximate surface area is 102 Å². The second-order valence-electron chi connectivity index (χ2n) is 3.53. The van der Waals surface area contributed by atoms with Crippen molar-refractivity contribution in [1.82, 2.24) is 4.98 Å². The van der Waals surface area contributed by atoms with Crippen LogP contribution in [0.15, 0.2) is 42.2 Å². The molecule has 1 aromatic carbocycles. The molecule has 0 spiro atoms. The van der Waals surface area contributed by atoms with Crippen LogP contribution in [0.5, 0.6) is 0 Å². The van der Waals surface area contributed by atoms with E-state index in [0.29, 0.717) is 29.2 Å². The summed E-state index contributed by atoms with van der Waals surface area (Å²) in [6.07, 6.45) is 3.59. The molecule has 0 aliphatic heterocycles. The molecule has 1 N–H and O–H groups in total. The molecule has 2 aromatic rings. The minimum atomic E-state index is -0.450. The molecule has 0 saturated carbocycles. The van der Waals surface area contributed by atoms with Gasteiger partial charge in [-0.25, -0.2) is 4.39 Å². The molecule has 4 nitrogen and oxygen atoms in total. The van der Waals surface area contributed by atoms with E-state index in [-0.39, 0.29) is 5.70 Å². The van der Waals surface area contributed by atoms with Gasteiger partial charge in [0.25, 0.3) is 0 Å². The number of allylic oxidation sites excluding steroid dienone is 2. The van der Waals surface area contributed by atoms with Crippen LogP contribution in [-0.4, -0.2) is 17.6 Å². The van der Waals surface area contributed by atoms with Crippen LogP contribution in [0.25, 0.3) is 10.9 Å². The summed E-state index contributed by atoms with van der Waals surface area (Å²) in [4.78, 5) is 25.2. The lowest BCUT2D eigenvalue weighted by Gasteiger charge is -2.08. The van der Waals surface area contributed by atoms with Gasteiger partial charge < -0.3 is 5.32 Å². The summed E-state index contributed by atoms with van der Waals surface area (Å²) in [6.45, 7) is 0. The highest BCUT2D eigenvalue weighted by Crippen LogP contribution is 2.23. The molecule has 1 heterocycles. The van der Waals surface area contributed by atoms with Crippen molar-refractivity contribution in [3.63, 3.8) is 0 Å². The van der Waals surface area contributed by atoms with Crippen molar-refractivity contribution in [3.05, 3.63) is 48.1 Å². The fraction of sp³-hybridized carbons (Fsp3) is 0. The molecule has 0 atom stereocenters. The van der Waals surface area contributed by atoms with Crippen LogP contribution in [0.1, 0.15) is 0 Å². The maximum atomic E-state index is 13.4. The number of carbonyl (C=O) groups is 2. The van der Waals surface area contributed by atoms with Crippen molar-refractivity contribution in [2.45, 2.75) is 0 Å². The summed E-state index contributed by atoms with van der Waals surface area (Å²) >= 11 is 0. The summed E-state index contributed by atoms with van der Waals surface area (Å²) in [6, 6.07) is 5.96. The second kappa shape index (κ2) is 5.18. The molecular formula is C13H9FN2O2. The van der Waals surface area contributed by atoms with Gasteiger partial charge in [-0.15, -0.1) is 0 Å². The highest BCUT2D eigenvalue weighted by atomic mass is 19.1. The fourth-order valence-corrected chi connectivity index (χ4v) is 1.59. The molecule has 0 fully saturated rings. The van der Waals surface area contributed by atoms with E-state index in [0.717, 1.165) is 6.08 Å². The van der Waals surface area contributed by atoms with Crippen molar-refractivity contribution in [2.24, 2.45) is 0 Å². The van der Waals surface area contributed by atoms with Crippen molar-refractivity contribution in [1.29, 1.82) is 0 Å². The van der Waals surface area contributed by atoms with Crippen molar-refractivity contribution in [2.75, 3.05) is 5.32 Å². The summed E-state index contributed by atoms with van der Waals surface area (Å²) < 4.78 is 13.4. The van der Waals surface area contributed by atoms with Gasteiger partial charge in [-0.05, 0) is 18.2 Å². The Morgan fingerprint density at radius 2 is 2.17 bits per heavy atom. The average Bonchev–Trinajstić information content (AvgIpc) is 2.38. The summed E-state index contributed by atoms with van der Waals surface area (Å²) in [5, 5.41) is 3.28. The van der Waals surface area contributed by atoms with Gasteiger partial charge in [0.15, 0.2) is 6.29 Å². The Balaban J connectivity index is 2.53. The van der Waals surface area contributed by atoms with E-state index in [1.54, 1.807) is 18.3 Å². The number of rotatable bonds is 4. The van der Waals surface area contributed by atoms with E-state index >= 15 is 0 Å². The lowest BCUT2D eigenvalue weighted by atomic mass is 10.2. The lowest BCUT2D eigenvalue weighted by Crippen LogP contribution is -2.02. The smallest absolute Gasteiger partial charge is 0.166 e. The van der Waals surface area contributed by atoms with Gasteiger partial charge in [0.05, 0.1) is 16.9 Å². The third-order valence-electron chi connectivity index (χ3n) is 2.32. The van der Waals surface area contributed by atoms with Crippen molar-refractivity contribution >= 4 is 29.2 Å². The Morgan fingerprint density at radius 1 is 1.33 bits per heavy atom. The number of aromatic nitrogens is 1. The van der Waals surface area contributed by atoms with Gasteiger partial charge >= 0.3 is 0 Å².